The van der Waals surface area contributed by atoms with Gasteiger partial charge in [-0.1, -0.05) is 54.6 Å². The second-order valence-corrected chi connectivity index (χ2v) is 19.7. The Hall–Kier alpha value is -9.08. The number of nitrogens with zero attached hydrogens (tertiary/aromatic N) is 2. The molecule has 2 aliphatic rings. The number of carboxylic acids is 1. The minimum absolute atomic E-state index is 0.0238. The second kappa shape index (κ2) is 30.9. The summed E-state index contributed by atoms with van der Waals surface area (Å²) in [7, 11) is 0. The molecule has 28 nitrogen and oxygen atoms in total. The fraction of sp³-hybridized carbons (Fsp3) is 0.472. The lowest BCUT2D eigenvalue weighted by Gasteiger charge is -2.29. The number of fused-ring (bicyclic) bond motifs is 1. The largest absolute Gasteiger partial charge is 0.508 e. The van der Waals surface area contributed by atoms with Gasteiger partial charge in [-0.05, 0) is 92.3 Å². The standard InChI is InChI=1S/C53H74N16O12/c1-30(63-46(75)37(11-5-21-60-53(57)58)65-48(77)38(25-31-15-18-35(70)19-16-31)66-49(78)40-12-6-22-68(40)44(73)29-61-42(71)27-54)45(74)62-28-43(72)64-36(10-4-20-59-52(55)56)47(76)67-39(50(79)69-23-7-13-41(69)51(80)81)26-32-14-17-33-8-2-3-9-34(33)24-32/h2-3,8-9,14-19,24,30,36-41,70H,4-7,10-13,20-23,25-29,54H2,1H3,(H,61,71)(H,62,74)(H,63,75)(H,64,72)(H,65,77)(H,66,78)(H,67,76)(H,80,81)(H4,55,56,59)(H4,57,58,60)/t30-,36-,37-,38+,39+,40-,41-/m0/s1. The smallest absolute Gasteiger partial charge is 0.326 e. The van der Waals surface area contributed by atoms with Crippen LogP contribution < -0.4 is 65.1 Å². The minimum Gasteiger partial charge on any atom is -0.508 e. The fourth-order valence-corrected chi connectivity index (χ4v) is 9.41. The second-order valence-electron chi connectivity index (χ2n) is 19.7. The molecule has 5 rings (SSSR count). The van der Waals surface area contributed by atoms with Crippen molar-refractivity contribution in [3.8, 4) is 5.75 Å². The average Bonchev–Trinajstić information content (AvgIpc) is 4.27. The van der Waals surface area contributed by atoms with Crippen LogP contribution >= 0.6 is 0 Å². The van der Waals surface area contributed by atoms with Crippen molar-refractivity contribution in [3.05, 3.63) is 77.9 Å². The summed E-state index contributed by atoms with van der Waals surface area (Å²) in [5.41, 5.74) is 17.4. The first-order chi connectivity index (χ1) is 38.6. The van der Waals surface area contributed by atoms with Crippen molar-refractivity contribution in [2.24, 2.45) is 17.2 Å². The van der Waals surface area contributed by atoms with Crippen molar-refractivity contribution >= 4 is 81.8 Å². The maximum atomic E-state index is 14.2. The van der Waals surface area contributed by atoms with Crippen LogP contribution in [0.5, 0.6) is 5.75 Å². The van der Waals surface area contributed by atoms with Crippen LogP contribution in [0.2, 0.25) is 0 Å². The average molecular weight is 1130 g/mol. The zero-order chi connectivity index (χ0) is 59.2. The lowest BCUT2D eigenvalue weighted by molar-refractivity contribution is -0.149. The van der Waals surface area contributed by atoms with Gasteiger partial charge >= 0.3 is 5.97 Å². The maximum absolute atomic E-state index is 14.2. The van der Waals surface area contributed by atoms with Gasteiger partial charge in [0.2, 0.25) is 53.2 Å². The van der Waals surface area contributed by atoms with E-state index in [4.69, 9.17) is 28.0 Å². The Balaban J connectivity index is 1.27. The molecule has 81 heavy (non-hydrogen) atoms. The number of phenols is 1. The predicted molar refractivity (Wildman–Crippen MR) is 295 cm³/mol. The number of phenolic OH excluding ortho intramolecular Hbond substituents is 1. The molecule has 2 saturated heterocycles. The number of carboxylic acid groups (broad SMARTS) is 1. The molecule has 7 atom stereocenters. The van der Waals surface area contributed by atoms with E-state index < -0.39 is 115 Å². The van der Waals surface area contributed by atoms with E-state index >= 15 is 0 Å². The van der Waals surface area contributed by atoms with Crippen LogP contribution in [0.3, 0.4) is 0 Å². The summed E-state index contributed by atoms with van der Waals surface area (Å²) >= 11 is 0. The van der Waals surface area contributed by atoms with Crippen molar-refractivity contribution in [2.75, 3.05) is 45.8 Å². The summed E-state index contributed by atoms with van der Waals surface area (Å²) < 4.78 is 0. The minimum atomic E-state index is -1.37. The molecule has 0 unspecified atom stereocenters. The molecule has 3 aromatic rings. The van der Waals surface area contributed by atoms with Crippen molar-refractivity contribution in [2.45, 2.75) is 113 Å². The number of aliphatic carboxylic acids is 1. The summed E-state index contributed by atoms with van der Waals surface area (Å²) in [6.07, 6.45) is 1.42. The zero-order valence-corrected chi connectivity index (χ0v) is 45.0. The number of likely N-dealkylation sites (tertiary alicyclic amines) is 2. The van der Waals surface area contributed by atoms with E-state index in [1.54, 1.807) is 6.07 Å². The zero-order valence-electron chi connectivity index (χ0n) is 45.0. The van der Waals surface area contributed by atoms with Gasteiger partial charge in [0.05, 0.1) is 19.6 Å². The number of benzene rings is 3. The number of guanidine groups is 2. The molecule has 2 aliphatic heterocycles. The van der Waals surface area contributed by atoms with Gasteiger partial charge in [0.25, 0.3) is 0 Å². The molecule has 0 spiro atoms. The number of carbonyl (C=O) groups excluding carboxylic acids is 9. The topological polar surface area (TPSA) is 452 Å². The Morgan fingerprint density at radius 2 is 1.16 bits per heavy atom. The molecule has 0 aliphatic carbocycles. The van der Waals surface area contributed by atoms with Crippen LogP contribution in [0.25, 0.3) is 10.8 Å². The molecular weight excluding hydrogens is 1050 g/mol. The van der Waals surface area contributed by atoms with Gasteiger partial charge in [-0.15, -0.1) is 0 Å². The van der Waals surface area contributed by atoms with E-state index in [1.807, 2.05) is 36.4 Å². The number of hydrogen-bond donors (Lipinski definition) is 16. The fourth-order valence-electron chi connectivity index (χ4n) is 9.41. The molecule has 0 radical (unpaired) electrons. The van der Waals surface area contributed by atoms with E-state index in [-0.39, 0.29) is 102 Å². The third kappa shape index (κ3) is 19.7. The molecule has 0 saturated carbocycles. The number of carbonyl (C=O) groups is 10. The maximum Gasteiger partial charge on any atom is 0.326 e. The summed E-state index contributed by atoms with van der Waals surface area (Å²) in [5.74, 6) is -8.56. The monoisotopic (exact) mass is 1130 g/mol. The molecule has 2 heterocycles. The van der Waals surface area contributed by atoms with Crippen LogP contribution in [0.4, 0.5) is 0 Å². The number of amides is 9. The first kappa shape index (κ1) is 62.8. The molecule has 28 heteroatoms. The highest BCUT2D eigenvalue weighted by atomic mass is 16.4. The van der Waals surface area contributed by atoms with Gasteiger partial charge < -0.3 is 85.1 Å². The summed E-state index contributed by atoms with van der Waals surface area (Å²) in [6.45, 7) is 0.426. The van der Waals surface area contributed by atoms with Gasteiger partial charge in [-0.25, -0.2) is 4.79 Å². The lowest BCUT2D eigenvalue weighted by atomic mass is 10.00. The number of nitrogens with one attached hydrogen (secondary N) is 11. The molecule has 3 aromatic carbocycles. The van der Waals surface area contributed by atoms with Crippen LogP contribution in [0, 0.1) is 10.8 Å². The number of nitrogens with two attached hydrogens (primary N) is 3. The van der Waals surface area contributed by atoms with Crippen molar-refractivity contribution in [1.29, 1.82) is 10.8 Å². The first-order valence-electron chi connectivity index (χ1n) is 26.6. The summed E-state index contributed by atoms with van der Waals surface area (Å²) in [4.78, 5) is 137. The Morgan fingerprint density at radius 3 is 1.79 bits per heavy atom. The number of rotatable bonds is 29. The first-order valence-corrected chi connectivity index (χ1v) is 26.6. The molecule has 2 fully saturated rings. The third-order valence-corrected chi connectivity index (χ3v) is 13.6. The van der Waals surface area contributed by atoms with Crippen LogP contribution in [-0.2, 0) is 60.8 Å². The number of hydrogen-bond acceptors (Lipinski definition) is 14. The van der Waals surface area contributed by atoms with E-state index in [2.05, 4.69) is 47.9 Å². The van der Waals surface area contributed by atoms with Crippen molar-refractivity contribution in [3.63, 3.8) is 0 Å². The van der Waals surface area contributed by atoms with Crippen LogP contribution in [0.1, 0.15) is 69.4 Å². The summed E-state index contributed by atoms with van der Waals surface area (Å²) in [5, 5.41) is 59.9. The SMILES string of the molecule is C[C@H](NC(=O)[C@H](CCCNC(=N)N)NC(=O)[C@@H](Cc1ccc(O)cc1)NC(=O)[C@@H]1CCCN1C(=O)CNC(=O)CN)C(=O)NCC(=O)N[C@@H](CCCNC(=N)N)C(=O)N[C@H](Cc1ccc2ccccc2c1)C(=O)N1CCC[C@H]1C(=O)O. The van der Waals surface area contributed by atoms with Gasteiger partial charge in [0.1, 0.15) is 48.0 Å². The lowest BCUT2D eigenvalue weighted by Crippen LogP contribution is -2.59. The van der Waals surface area contributed by atoms with E-state index in [0.717, 1.165) is 10.8 Å². The van der Waals surface area contributed by atoms with E-state index in [0.29, 0.717) is 24.0 Å². The molecule has 0 bridgehead atoms. The highest BCUT2D eigenvalue weighted by Crippen LogP contribution is 2.23. The van der Waals surface area contributed by atoms with E-state index in [9.17, 15) is 58.2 Å². The number of aromatic hydroxyl groups is 1. The quantitative estimate of drug-likeness (QED) is 0.0183. The Labute approximate surface area is 467 Å². The van der Waals surface area contributed by atoms with Gasteiger partial charge in [-0.2, -0.15) is 0 Å². The Kier molecular flexibility index (Phi) is 23.9. The third-order valence-electron chi connectivity index (χ3n) is 13.6. The highest BCUT2D eigenvalue weighted by molar-refractivity contribution is 5.98. The Bertz CT molecular complexity index is 2780. The van der Waals surface area contributed by atoms with E-state index in [1.165, 1.54) is 41.0 Å². The molecular formula is C53H74N16O12. The van der Waals surface area contributed by atoms with Crippen molar-refractivity contribution in [1.82, 2.24) is 57.7 Å². The van der Waals surface area contributed by atoms with Crippen molar-refractivity contribution < 1.29 is 58.2 Å². The molecule has 9 amide bonds. The molecule has 19 N–H and O–H groups in total. The Morgan fingerprint density at radius 1 is 0.605 bits per heavy atom. The van der Waals surface area contributed by atoms with Gasteiger partial charge in [-0.3, -0.25) is 54.0 Å². The predicted octanol–water partition coefficient (Wildman–Crippen LogP) is -3.44. The van der Waals surface area contributed by atoms with Crippen LogP contribution in [0.15, 0.2) is 66.7 Å². The summed E-state index contributed by atoms with van der Waals surface area (Å²) in [6, 6.07) is 10.1. The van der Waals surface area contributed by atoms with Crippen LogP contribution in [-0.4, -0.2) is 179 Å². The molecule has 438 valence electrons. The molecule has 0 aromatic heterocycles. The van der Waals surface area contributed by atoms with Gasteiger partial charge in [0, 0.05) is 39.0 Å². The van der Waals surface area contributed by atoms with Gasteiger partial charge in [0.15, 0.2) is 11.9 Å². The highest BCUT2D eigenvalue weighted by Gasteiger charge is 2.40. The normalized spacial score (nSPS) is 16.5.